The minimum atomic E-state index is -0.560. The number of hydrogen-bond donors (Lipinski definition) is 2. The highest BCUT2D eigenvalue weighted by Crippen LogP contribution is 2.20. The van der Waals surface area contributed by atoms with E-state index in [2.05, 4.69) is 10.6 Å². The standard InChI is InChI=1S/C19H20N4O6/c1-11-4-6-14(8-16(11)22(26)27)18(24)20-10-13(3)21-19(25)15-7-5-12(2)17(9-15)23(28)29/h4-9,13H,10H2,1-3H3,(H,20,24)(H,21,25). The summed E-state index contributed by atoms with van der Waals surface area (Å²) < 4.78 is 0. The molecule has 2 aromatic rings. The van der Waals surface area contributed by atoms with E-state index < -0.39 is 27.7 Å². The van der Waals surface area contributed by atoms with Crippen LogP contribution in [-0.2, 0) is 0 Å². The molecule has 10 heteroatoms. The maximum Gasteiger partial charge on any atom is 0.273 e. The Labute approximate surface area is 166 Å². The number of nitro groups is 2. The lowest BCUT2D eigenvalue weighted by atomic mass is 10.1. The molecule has 152 valence electrons. The van der Waals surface area contributed by atoms with Crippen molar-refractivity contribution >= 4 is 23.2 Å². The predicted molar refractivity (Wildman–Crippen MR) is 105 cm³/mol. The zero-order valence-corrected chi connectivity index (χ0v) is 16.1. The number of aryl methyl sites for hydroxylation is 2. The minimum Gasteiger partial charge on any atom is -0.350 e. The lowest BCUT2D eigenvalue weighted by molar-refractivity contribution is -0.385. The Kier molecular flexibility index (Phi) is 6.60. The molecule has 2 N–H and O–H groups in total. The summed E-state index contributed by atoms with van der Waals surface area (Å²) >= 11 is 0. The number of nitrogens with one attached hydrogen (secondary N) is 2. The monoisotopic (exact) mass is 400 g/mol. The average Bonchev–Trinajstić information content (AvgIpc) is 2.66. The summed E-state index contributed by atoms with van der Waals surface area (Å²) in [5.74, 6) is -1.03. The summed E-state index contributed by atoms with van der Waals surface area (Å²) in [5.41, 5.74) is 0.850. The van der Waals surface area contributed by atoms with Gasteiger partial charge in [-0.3, -0.25) is 29.8 Å². The Morgan fingerprint density at radius 2 is 1.34 bits per heavy atom. The first-order valence-corrected chi connectivity index (χ1v) is 8.69. The van der Waals surface area contributed by atoms with E-state index in [0.717, 1.165) is 0 Å². The quantitative estimate of drug-likeness (QED) is 0.540. The number of benzene rings is 2. The topological polar surface area (TPSA) is 144 Å². The second-order valence-electron chi connectivity index (χ2n) is 6.60. The number of nitrogens with zero attached hydrogens (tertiary/aromatic N) is 2. The van der Waals surface area contributed by atoms with Crippen LogP contribution in [0.4, 0.5) is 11.4 Å². The first-order chi connectivity index (χ1) is 13.6. The van der Waals surface area contributed by atoms with Crippen LogP contribution in [0.1, 0.15) is 38.8 Å². The van der Waals surface area contributed by atoms with E-state index in [1.54, 1.807) is 20.8 Å². The number of rotatable bonds is 7. The Morgan fingerprint density at radius 1 is 0.897 bits per heavy atom. The van der Waals surface area contributed by atoms with Gasteiger partial charge in [0, 0.05) is 47.0 Å². The van der Waals surface area contributed by atoms with Gasteiger partial charge in [-0.25, -0.2) is 0 Å². The Bertz CT molecular complexity index is 989. The molecule has 10 nitrogen and oxygen atoms in total. The van der Waals surface area contributed by atoms with Crippen LogP contribution >= 0.6 is 0 Å². The predicted octanol–water partition coefficient (Wildman–Crippen LogP) is 2.67. The maximum absolute atomic E-state index is 12.3. The van der Waals surface area contributed by atoms with Crippen molar-refractivity contribution in [1.29, 1.82) is 0 Å². The Balaban J connectivity index is 1.98. The van der Waals surface area contributed by atoms with Gasteiger partial charge in [-0.05, 0) is 32.9 Å². The number of carbonyl (C=O) groups is 2. The van der Waals surface area contributed by atoms with E-state index in [4.69, 9.17) is 0 Å². The van der Waals surface area contributed by atoms with Gasteiger partial charge in [0.25, 0.3) is 23.2 Å². The van der Waals surface area contributed by atoms with Crippen LogP contribution in [0.15, 0.2) is 36.4 Å². The third-order valence-electron chi connectivity index (χ3n) is 4.28. The van der Waals surface area contributed by atoms with Gasteiger partial charge in [0.1, 0.15) is 0 Å². The summed E-state index contributed by atoms with van der Waals surface area (Å²) in [5, 5.41) is 27.2. The SMILES string of the molecule is Cc1ccc(C(=O)NCC(C)NC(=O)c2ccc(C)c([N+](=O)[O-])c2)cc1[N+](=O)[O-]. The highest BCUT2D eigenvalue weighted by molar-refractivity contribution is 5.96. The summed E-state index contributed by atoms with van der Waals surface area (Å²) in [4.78, 5) is 45.4. The minimum absolute atomic E-state index is 0.0696. The van der Waals surface area contributed by atoms with Crippen LogP contribution in [0.2, 0.25) is 0 Å². The number of nitro benzene ring substituents is 2. The molecule has 29 heavy (non-hydrogen) atoms. The molecule has 0 saturated heterocycles. The normalized spacial score (nSPS) is 11.4. The largest absolute Gasteiger partial charge is 0.350 e. The van der Waals surface area contributed by atoms with Crippen LogP contribution in [0.25, 0.3) is 0 Å². The van der Waals surface area contributed by atoms with Crippen LogP contribution in [0.3, 0.4) is 0 Å². The molecular weight excluding hydrogens is 380 g/mol. The number of carbonyl (C=O) groups excluding carboxylic acids is 2. The lowest BCUT2D eigenvalue weighted by Gasteiger charge is -2.15. The van der Waals surface area contributed by atoms with Gasteiger partial charge in [0.15, 0.2) is 0 Å². The van der Waals surface area contributed by atoms with E-state index >= 15 is 0 Å². The van der Waals surface area contributed by atoms with Gasteiger partial charge >= 0.3 is 0 Å². The van der Waals surface area contributed by atoms with Gasteiger partial charge in [-0.15, -0.1) is 0 Å². The molecule has 0 aromatic heterocycles. The molecule has 0 aliphatic heterocycles. The summed E-state index contributed by atoms with van der Waals surface area (Å²) in [6.07, 6.45) is 0. The van der Waals surface area contributed by atoms with Crippen LogP contribution < -0.4 is 10.6 Å². The molecule has 0 aliphatic rings. The van der Waals surface area contributed by atoms with Gasteiger partial charge in [0.2, 0.25) is 0 Å². The van der Waals surface area contributed by atoms with Crippen molar-refractivity contribution < 1.29 is 19.4 Å². The third-order valence-corrected chi connectivity index (χ3v) is 4.28. The first-order valence-electron chi connectivity index (χ1n) is 8.69. The second kappa shape index (κ2) is 8.91. The third kappa shape index (κ3) is 5.34. The summed E-state index contributed by atoms with van der Waals surface area (Å²) in [6, 6.07) is 7.85. The van der Waals surface area contributed by atoms with Crippen molar-refractivity contribution in [1.82, 2.24) is 10.6 Å². The van der Waals surface area contributed by atoms with E-state index in [9.17, 15) is 29.8 Å². The summed E-state index contributed by atoms with van der Waals surface area (Å²) in [7, 11) is 0. The summed E-state index contributed by atoms with van der Waals surface area (Å²) in [6.45, 7) is 4.87. The van der Waals surface area contributed by atoms with Gasteiger partial charge in [0.05, 0.1) is 9.85 Å². The number of hydrogen-bond acceptors (Lipinski definition) is 6. The molecule has 2 aromatic carbocycles. The molecular formula is C19H20N4O6. The van der Waals surface area contributed by atoms with Gasteiger partial charge in [-0.2, -0.15) is 0 Å². The maximum atomic E-state index is 12.3. The fourth-order valence-electron chi connectivity index (χ4n) is 2.60. The molecule has 1 atom stereocenters. The van der Waals surface area contributed by atoms with E-state index in [0.29, 0.717) is 11.1 Å². The van der Waals surface area contributed by atoms with Crippen LogP contribution in [0, 0.1) is 34.1 Å². The lowest BCUT2D eigenvalue weighted by Crippen LogP contribution is -2.41. The average molecular weight is 400 g/mol. The Hall–Kier alpha value is -3.82. The zero-order chi connectivity index (χ0) is 21.7. The molecule has 2 rings (SSSR count). The second-order valence-corrected chi connectivity index (χ2v) is 6.60. The van der Waals surface area contributed by atoms with Crippen molar-refractivity contribution in [3.05, 3.63) is 78.9 Å². The highest BCUT2D eigenvalue weighted by Gasteiger charge is 2.18. The zero-order valence-electron chi connectivity index (χ0n) is 16.1. The molecule has 0 bridgehead atoms. The number of amides is 2. The highest BCUT2D eigenvalue weighted by atomic mass is 16.6. The first kappa shape index (κ1) is 21.5. The molecule has 0 fully saturated rings. The van der Waals surface area contributed by atoms with Crippen LogP contribution in [0.5, 0.6) is 0 Å². The molecule has 1 unspecified atom stereocenters. The Morgan fingerprint density at radius 3 is 1.79 bits per heavy atom. The van der Waals surface area contributed by atoms with Crippen LogP contribution in [-0.4, -0.2) is 34.2 Å². The van der Waals surface area contributed by atoms with Crippen molar-refractivity contribution in [3.8, 4) is 0 Å². The fraction of sp³-hybridized carbons (Fsp3) is 0.263. The van der Waals surface area contributed by atoms with Gasteiger partial charge in [-0.1, -0.05) is 12.1 Å². The van der Waals surface area contributed by atoms with Crippen molar-refractivity contribution in [2.45, 2.75) is 26.8 Å². The molecule has 0 radical (unpaired) electrons. The molecule has 0 saturated carbocycles. The van der Waals surface area contributed by atoms with E-state index in [1.807, 2.05) is 0 Å². The van der Waals surface area contributed by atoms with E-state index in [1.165, 1.54) is 36.4 Å². The van der Waals surface area contributed by atoms with Gasteiger partial charge < -0.3 is 10.6 Å². The van der Waals surface area contributed by atoms with Crippen molar-refractivity contribution in [2.75, 3.05) is 6.54 Å². The molecule has 0 aliphatic carbocycles. The molecule has 0 heterocycles. The van der Waals surface area contributed by atoms with Crippen molar-refractivity contribution in [2.24, 2.45) is 0 Å². The van der Waals surface area contributed by atoms with E-state index in [-0.39, 0.29) is 29.0 Å². The fourth-order valence-corrected chi connectivity index (χ4v) is 2.60. The molecule has 2 amide bonds. The smallest absolute Gasteiger partial charge is 0.273 e. The van der Waals surface area contributed by atoms with Crippen molar-refractivity contribution in [3.63, 3.8) is 0 Å². The molecule has 0 spiro atoms.